The summed E-state index contributed by atoms with van der Waals surface area (Å²) in [6.45, 7) is 11.5. The maximum absolute atomic E-state index is 9.84. The predicted octanol–water partition coefficient (Wildman–Crippen LogP) is 4.77. The molecule has 0 spiro atoms. The highest BCUT2D eigenvalue weighted by molar-refractivity contribution is 5.33. The van der Waals surface area contributed by atoms with E-state index in [4.69, 9.17) is 14.2 Å². The summed E-state index contributed by atoms with van der Waals surface area (Å²) in [5, 5.41) is 19.7. The maximum atomic E-state index is 9.84. The molecule has 0 amide bonds. The van der Waals surface area contributed by atoms with Gasteiger partial charge in [-0.1, -0.05) is 51.0 Å². The number of allylic oxidation sites excluding steroid dienone is 8. The first kappa shape index (κ1) is 21.2. The van der Waals surface area contributed by atoms with Crippen LogP contribution in [-0.2, 0) is 14.2 Å². The van der Waals surface area contributed by atoms with E-state index < -0.39 is 0 Å². The Morgan fingerprint density at radius 1 is 0.821 bits per heavy atom. The molecule has 156 valence electrons. The van der Waals surface area contributed by atoms with Crippen LogP contribution in [0.15, 0.2) is 47.0 Å². The predicted molar refractivity (Wildman–Crippen MR) is 109 cm³/mol. The highest BCUT2D eigenvalue weighted by atomic mass is 16.6. The Morgan fingerprint density at radius 2 is 1.21 bits per heavy atom. The second-order valence-corrected chi connectivity index (χ2v) is 9.50. The Hall–Kier alpha value is -1.56. The van der Waals surface area contributed by atoms with E-state index >= 15 is 0 Å². The zero-order valence-corrected chi connectivity index (χ0v) is 17.5. The van der Waals surface area contributed by atoms with Gasteiger partial charge in [-0.25, -0.2) is 0 Å². The standard InChI is InChI=1S/C17H24O2.C6H10O3/c1-16(2)10-12(5-7-14(16)18)9-13-6-8-15(19)17(3,4)11-13;1(5-3-8-5)7-2-6-4-9-6/h5-8,18-19H,9-11H2,1-4H3;5-6H,1-4H2. The molecule has 0 aromatic rings. The highest BCUT2D eigenvalue weighted by Crippen LogP contribution is 2.41. The molecule has 2 N–H and O–H groups in total. The third-order valence-corrected chi connectivity index (χ3v) is 5.54. The topological polar surface area (TPSA) is 74.8 Å². The fourth-order valence-electron chi connectivity index (χ4n) is 3.47. The number of aliphatic hydroxyl groups is 2. The van der Waals surface area contributed by atoms with E-state index in [-0.39, 0.29) is 10.8 Å². The van der Waals surface area contributed by atoms with Crippen molar-refractivity contribution < 1.29 is 24.4 Å². The second kappa shape index (κ2) is 8.44. The molecule has 2 aliphatic heterocycles. The van der Waals surface area contributed by atoms with Crippen molar-refractivity contribution in [3.05, 3.63) is 47.0 Å². The van der Waals surface area contributed by atoms with Gasteiger partial charge in [0.2, 0.25) is 0 Å². The fourth-order valence-corrected chi connectivity index (χ4v) is 3.47. The van der Waals surface area contributed by atoms with Crippen molar-refractivity contribution in [1.82, 2.24) is 0 Å². The Bertz CT molecular complexity index is 630. The number of hydrogen-bond acceptors (Lipinski definition) is 5. The van der Waals surface area contributed by atoms with Crippen molar-refractivity contribution >= 4 is 0 Å². The van der Waals surface area contributed by atoms with Gasteiger partial charge in [0, 0.05) is 10.8 Å². The van der Waals surface area contributed by atoms with E-state index in [1.165, 1.54) is 11.1 Å². The molecule has 0 bridgehead atoms. The van der Waals surface area contributed by atoms with Crippen LogP contribution in [0.1, 0.15) is 47.0 Å². The van der Waals surface area contributed by atoms with Gasteiger partial charge in [0.15, 0.2) is 0 Å². The molecule has 4 aliphatic rings. The number of hydrogen-bond donors (Lipinski definition) is 2. The van der Waals surface area contributed by atoms with Crippen molar-refractivity contribution in [1.29, 1.82) is 0 Å². The van der Waals surface area contributed by atoms with Crippen LogP contribution in [0.5, 0.6) is 0 Å². The molecule has 2 unspecified atom stereocenters. The van der Waals surface area contributed by atoms with Crippen molar-refractivity contribution in [2.75, 3.05) is 26.4 Å². The summed E-state index contributed by atoms with van der Waals surface area (Å²) >= 11 is 0. The smallest absolute Gasteiger partial charge is 0.104 e. The van der Waals surface area contributed by atoms with E-state index in [0.29, 0.717) is 23.7 Å². The number of aliphatic hydroxyl groups excluding tert-OH is 2. The lowest BCUT2D eigenvalue weighted by Gasteiger charge is -2.31. The fraction of sp³-hybridized carbons (Fsp3) is 0.652. The second-order valence-electron chi connectivity index (χ2n) is 9.50. The van der Waals surface area contributed by atoms with Crippen LogP contribution in [0.2, 0.25) is 0 Å². The SMILES string of the molecule is C(OCC1CO1)C1CO1.CC1(C)CC(CC2=CC=C(O)C(C)(C)C2)=CC=C1O. The van der Waals surface area contributed by atoms with Crippen molar-refractivity contribution in [2.24, 2.45) is 10.8 Å². The third kappa shape index (κ3) is 6.23. The van der Waals surface area contributed by atoms with Gasteiger partial charge in [-0.05, 0) is 31.4 Å². The number of epoxide rings is 2. The quantitative estimate of drug-likeness (QED) is 0.639. The average molecular weight is 391 g/mol. The summed E-state index contributed by atoms with van der Waals surface area (Å²) in [4.78, 5) is 0. The van der Waals surface area contributed by atoms with Crippen molar-refractivity contribution in [3.63, 3.8) is 0 Å². The molecule has 0 saturated carbocycles. The molecule has 4 rings (SSSR count). The van der Waals surface area contributed by atoms with Gasteiger partial charge in [-0.15, -0.1) is 0 Å². The zero-order valence-electron chi connectivity index (χ0n) is 17.5. The highest BCUT2D eigenvalue weighted by Gasteiger charge is 2.30. The lowest BCUT2D eigenvalue weighted by Crippen LogP contribution is -2.21. The normalized spacial score (nSPS) is 29.4. The summed E-state index contributed by atoms with van der Waals surface area (Å²) in [6.07, 6.45) is 11.2. The number of rotatable bonds is 6. The van der Waals surface area contributed by atoms with Crippen LogP contribution >= 0.6 is 0 Å². The largest absolute Gasteiger partial charge is 0.512 e. The van der Waals surface area contributed by atoms with E-state index in [0.717, 1.165) is 45.7 Å². The molecular formula is C23H34O5. The van der Waals surface area contributed by atoms with Gasteiger partial charge in [-0.2, -0.15) is 0 Å². The number of ether oxygens (including phenoxy) is 3. The molecule has 2 atom stereocenters. The Labute approximate surface area is 168 Å². The van der Waals surface area contributed by atoms with Crippen LogP contribution in [0.3, 0.4) is 0 Å². The monoisotopic (exact) mass is 390 g/mol. The Balaban J connectivity index is 0.000000206. The van der Waals surface area contributed by atoms with Crippen molar-refractivity contribution in [3.8, 4) is 0 Å². The summed E-state index contributed by atoms with van der Waals surface area (Å²) in [5.74, 6) is 0.929. The van der Waals surface area contributed by atoms with Gasteiger partial charge in [0.05, 0.1) is 37.9 Å². The lowest BCUT2D eigenvalue weighted by molar-refractivity contribution is 0.102. The van der Waals surface area contributed by atoms with Crippen LogP contribution in [0, 0.1) is 10.8 Å². The summed E-state index contributed by atoms with van der Waals surface area (Å²) in [5.41, 5.74) is 2.37. The van der Waals surface area contributed by atoms with Gasteiger partial charge in [0.25, 0.3) is 0 Å². The summed E-state index contributed by atoms with van der Waals surface area (Å²) < 4.78 is 15.1. The van der Waals surface area contributed by atoms with Crippen LogP contribution in [-0.4, -0.2) is 48.8 Å². The Kier molecular flexibility index (Phi) is 6.37. The molecule has 2 fully saturated rings. The first-order chi connectivity index (χ1) is 13.2. The van der Waals surface area contributed by atoms with Crippen LogP contribution in [0.25, 0.3) is 0 Å². The lowest BCUT2D eigenvalue weighted by atomic mass is 9.75. The average Bonchev–Trinajstić information content (AvgIpc) is 3.50. The first-order valence-electron chi connectivity index (χ1n) is 10.1. The van der Waals surface area contributed by atoms with Gasteiger partial charge in [0.1, 0.15) is 12.2 Å². The first-order valence-corrected chi connectivity index (χ1v) is 10.1. The van der Waals surface area contributed by atoms with E-state index in [1.54, 1.807) is 0 Å². The molecule has 5 nitrogen and oxygen atoms in total. The molecule has 5 heteroatoms. The summed E-state index contributed by atoms with van der Waals surface area (Å²) in [6, 6.07) is 0. The van der Waals surface area contributed by atoms with Gasteiger partial charge in [-0.3, -0.25) is 0 Å². The van der Waals surface area contributed by atoms with E-state index in [2.05, 4.69) is 27.7 Å². The van der Waals surface area contributed by atoms with Gasteiger partial charge < -0.3 is 24.4 Å². The molecular weight excluding hydrogens is 356 g/mol. The maximum Gasteiger partial charge on any atom is 0.104 e. The molecule has 2 aliphatic carbocycles. The van der Waals surface area contributed by atoms with E-state index in [1.807, 2.05) is 24.3 Å². The van der Waals surface area contributed by atoms with E-state index in [9.17, 15) is 10.2 Å². The minimum absolute atomic E-state index is 0.160. The van der Waals surface area contributed by atoms with Gasteiger partial charge >= 0.3 is 0 Å². The van der Waals surface area contributed by atoms with Crippen LogP contribution < -0.4 is 0 Å². The zero-order chi connectivity index (χ0) is 20.4. The van der Waals surface area contributed by atoms with Crippen LogP contribution in [0.4, 0.5) is 0 Å². The minimum Gasteiger partial charge on any atom is -0.512 e. The molecule has 28 heavy (non-hydrogen) atoms. The molecule has 2 heterocycles. The minimum atomic E-state index is -0.160. The van der Waals surface area contributed by atoms with Crippen molar-refractivity contribution in [2.45, 2.75) is 59.2 Å². The molecule has 0 radical (unpaired) electrons. The molecule has 0 aromatic carbocycles. The molecule has 0 aromatic heterocycles. The third-order valence-electron chi connectivity index (χ3n) is 5.54. The molecule has 2 saturated heterocycles. The Morgan fingerprint density at radius 3 is 1.54 bits per heavy atom. The summed E-state index contributed by atoms with van der Waals surface area (Å²) in [7, 11) is 0.